The van der Waals surface area contributed by atoms with Crippen LogP contribution >= 0.6 is 0 Å². The van der Waals surface area contributed by atoms with Crippen LogP contribution in [0, 0.1) is 6.92 Å². The fourth-order valence-corrected chi connectivity index (χ4v) is 2.70. The molecule has 0 unspecified atom stereocenters. The van der Waals surface area contributed by atoms with Crippen molar-refractivity contribution in [3.63, 3.8) is 0 Å². The van der Waals surface area contributed by atoms with Crippen LogP contribution in [0.4, 0.5) is 11.4 Å². The number of hydrogen-bond donors (Lipinski definition) is 2. The molecule has 7 heteroatoms. The summed E-state index contributed by atoms with van der Waals surface area (Å²) in [6, 6.07) is 8.79. The predicted molar refractivity (Wildman–Crippen MR) is 104 cm³/mol. The van der Waals surface area contributed by atoms with Crippen LogP contribution in [0.25, 0.3) is 0 Å². The van der Waals surface area contributed by atoms with Crippen LogP contribution in [0.1, 0.15) is 18.1 Å². The monoisotopic (exact) mass is 372 g/mol. The van der Waals surface area contributed by atoms with Gasteiger partial charge in [0, 0.05) is 18.3 Å². The average Bonchev–Trinajstić information content (AvgIpc) is 2.62. The first-order valence-corrected chi connectivity index (χ1v) is 8.35. The molecule has 0 aliphatic carbocycles. The first-order chi connectivity index (χ1) is 12.9. The van der Waals surface area contributed by atoms with Gasteiger partial charge in [0.15, 0.2) is 11.5 Å². The van der Waals surface area contributed by atoms with Crippen LogP contribution in [-0.2, 0) is 16.0 Å². The number of amides is 2. The first-order valence-electron chi connectivity index (χ1n) is 8.35. The lowest BCUT2D eigenvalue weighted by atomic mass is 10.1. The Morgan fingerprint density at radius 1 is 0.926 bits per heavy atom. The van der Waals surface area contributed by atoms with Crippen LogP contribution in [-0.4, -0.2) is 33.1 Å². The summed E-state index contributed by atoms with van der Waals surface area (Å²) >= 11 is 0. The molecule has 2 aromatic carbocycles. The smallest absolute Gasteiger partial charge is 0.228 e. The number of methoxy groups -OCH3 is 3. The highest BCUT2D eigenvalue weighted by molar-refractivity contribution is 5.94. The zero-order chi connectivity index (χ0) is 20.0. The third kappa shape index (κ3) is 5.13. The number of rotatable bonds is 7. The van der Waals surface area contributed by atoms with E-state index in [2.05, 4.69) is 10.6 Å². The summed E-state index contributed by atoms with van der Waals surface area (Å²) in [5.41, 5.74) is 2.95. The van der Waals surface area contributed by atoms with E-state index in [1.54, 1.807) is 30.3 Å². The minimum Gasteiger partial charge on any atom is -0.493 e. The molecule has 0 aliphatic rings. The van der Waals surface area contributed by atoms with Gasteiger partial charge >= 0.3 is 0 Å². The van der Waals surface area contributed by atoms with E-state index in [9.17, 15) is 9.59 Å². The summed E-state index contributed by atoms with van der Waals surface area (Å²) < 4.78 is 15.9. The molecule has 0 spiro atoms. The van der Waals surface area contributed by atoms with E-state index in [0.717, 1.165) is 11.1 Å². The molecular weight excluding hydrogens is 348 g/mol. The van der Waals surface area contributed by atoms with Gasteiger partial charge in [-0.15, -0.1) is 0 Å². The summed E-state index contributed by atoms with van der Waals surface area (Å²) in [5, 5.41) is 5.59. The van der Waals surface area contributed by atoms with Crippen LogP contribution in [0.3, 0.4) is 0 Å². The van der Waals surface area contributed by atoms with Crippen LogP contribution in [0.2, 0.25) is 0 Å². The number of carbonyl (C=O) groups excluding carboxylic acids is 2. The van der Waals surface area contributed by atoms with Crippen molar-refractivity contribution < 1.29 is 23.8 Å². The summed E-state index contributed by atoms with van der Waals surface area (Å²) in [5.74, 6) is 1.15. The van der Waals surface area contributed by atoms with Crippen molar-refractivity contribution in [3.8, 4) is 17.2 Å². The highest BCUT2D eigenvalue weighted by Gasteiger charge is 2.15. The fourth-order valence-electron chi connectivity index (χ4n) is 2.70. The average molecular weight is 372 g/mol. The maximum absolute atomic E-state index is 12.4. The molecule has 0 heterocycles. The zero-order valence-corrected chi connectivity index (χ0v) is 16.1. The Balaban J connectivity index is 2.14. The number of ether oxygens (including phenoxy) is 3. The second-order valence-electron chi connectivity index (χ2n) is 5.97. The largest absolute Gasteiger partial charge is 0.493 e. The molecule has 0 aromatic heterocycles. The van der Waals surface area contributed by atoms with E-state index < -0.39 is 0 Å². The first kappa shape index (κ1) is 20.1. The Bertz CT molecular complexity index is 823. The molecule has 0 fully saturated rings. The van der Waals surface area contributed by atoms with Crippen molar-refractivity contribution in [3.05, 3.63) is 41.5 Å². The molecule has 2 amide bonds. The molecule has 0 saturated heterocycles. The molecular formula is C20H24N2O5. The lowest BCUT2D eigenvalue weighted by molar-refractivity contribution is -0.116. The Kier molecular flexibility index (Phi) is 6.65. The van der Waals surface area contributed by atoms with Crippen LogP contribution in [0.15, 0.2) is 30.3 Å². The molecule has 0 aliphatic heterocycles. The van der Waals surface area contributed by atoms with Gasteiger partial charge < -0.3 is 24.8 Å². The van der Waals surface area contributed by atoms with E-state index in [1.807, 2.05) is 6.92 Å². The highest BCUT2D eigenvalue weighted by Crippen LogP contribution is 2.38. The van der Waals surface area contributed by atoms with Gasteiger partial charge in [-0.1, -0.05) is 0 Å². The van der Waals surface area contributed by atoms with E-state index >= 15 is 0 Å². The Morgan fingerprint density at radius 2 is 1.56 bits per heavy atom. The Hall–Kier alpha value is -3.22. The molecule has 7 nitrogen and oxygen atoms in total. The van der Waals surface area contributed by atoms with E-state index in [1.165, 1.54) is 28.3 Å². The summed E-state index contributed by atoms with van der Waals surface area (Å²) in [7, 11) is 4.58. The minimum atomic E-state index is -0.184. The van der Waals surface area contributed by atoms with Crippen LogP contribution in [0.5, 0.6) is 17.2 Å². The molecule has 27 heavy (non-hydrogen) atoms. The van der Waals surface area contributed by atoms with Crippen molar-refractivity contribution in [2.24, 2.45) is 0 Å². The van der Waals surface area contributed by atoms with Crippen molar-refractivity contribution in [1.82, 2.24) is 0 Å². The normalized spacial score (nSPS) is 10.1. The second kappa shape index (κ2) is 8.93. The number of carbonyl (C=O) groups is 2. The molecule has 2 rings (SSSR count). The molecule has 0 saturated carbocycles. The van der Waals surface area contributed by atoms with Gasteiger partial charge in [-0.3, -0.25) is 9.59 Å². The number of benzene rings is 2. The summed E-state index contributed by atoms with van der Waals surface area (Å²) in [6.07, 6.45) is 0.142. The van der Waals surface area contributed by atoms with Crippen molar-refractivity contribution in [2.45, 2.75) is 20.3 Å². The number of nitrogens with one attached hydrogen (secondary N) is 2. The fraction of sp³-hybridized carbons (Fsp3) is 0.300. The number of hydrogen-bond acceptors (Lipinski definition) is 5. The molecule has 0 atom stereocenters. The van der Waals surface area contributed by atoms with Gasteiger partial charge in [0.2, 0.25) is 17.6 Å². The third-order valence-corrected chi connectivity index (χ3v) is 3.91. The highest BCUT2D eigenvalue weighted by atomic mass is 16.5. The molecule has 0 bridgehead atoms. The lowest BCUT2D eigenvalue weighted by Gasteiger charge is -2.14. The van der Waals surface area contributed by atoms with Gasteiger partial charge in [-0.25, -0.2) is 0 Å². The zero-order valence-electron chi connectivity index (χ0n) is 16.1. The predicted octanol–water partition coefficient (Wildman–Crippen LogP) is 3.16. The van der Waals surface area contributed by atoms with Crippen molar-refractivity contribution in [2.75, 3.05) is 32.0 Å². The SMILES string of the molecule is COc1cc(CC(=O)Nc2ccc(NC(C)=O)c(C)c2)cc(OC)c1OC. The Labute approximate surface area is 158 Å². The maximum Gasteiger partial charge on any atom is 0.228 e. The van der Waals surface area contributed by atoms with E-state index in [-0.39, 0.29) is 18.2 Å². The lowest BCUT2D eigenvalue weighted by Crippen LogP contribution is -2.15. The quantitative estimate of drug-likeness (QED) is 0.780. The molecule has 0 radical (unpaired) electrons. The summed E-state index contributed by atoms with van der Waals surface area (Å²) in [6.45, 7) is 3.31. The minimum absolute atomic E-state index is 0.141. The topological polar surface area (TPSA) is 85.9 Å². The standard InChI is InChI=1S/C20H24N2O5/c1-12-8-15(6-7-16(12)21-13(2)23)22-19(24)11-14-9-17(25-3)20(27-5)18(10-14)26-4/h6-10H,11H2,1-5H3,(H,21,23)(H,22,24). The van der Waals surface area contributed by atoms with Gasteiger partial charge in [-0.05, 0) is 48.4 Å². The molecule has 2 N–H and O–H groups in total. The van der Waals surface area contributed by atoms with E-state index in [0.29, 0.717) is 28.6 Å². The Morgan fingerprint density at radius 3 is 2.04 bits per heavy atom. The van der Waals surface area contributed by atoms with E-state index in [4.69, 9.17) is 14.2 Å². The second-order valence-corrected chi connectivity index (χ2v) is 5.97. The molecule has 144 valence electrons. The van der Waals surface area contributed by atoms with Crippen molar-refractivity contribution in [1.29, 1.82) is 0 Å². The number of aryl methyl sites for hydroxylation is 1. The molecule has 2 aromatic rings. The van der Waals surface area contributed by atoms with Gasteiger partial charge in [0.1, 0.15) is 0 Å². The van der Waals surface area contributed by atoms with Gasteiger partial charge in [0.05, 0.1) is 27.8 Å². The number of anilines is 2. The third-order valence-electron chi connectivity index (χ3n) is 3.91. The van der Waals surface area contributed by atoms with Crippen molar-refractivity contribution >= 4 is 23.2 Å². The maximum atomic E-state index is 12.4. The summed E-state index contributed by atoms with van der Waals surface area (Å²) in [4.78, 5) is 23.6. The van der Waals surface area contributed by atoms with Gasteiger partial charge in [-0.2, -0.15) is 0 Å². The van der Waals surface area contributed by atoms with Gasteiger partial charge in [0.25, 0.3) is 0 Å². The van der Waals surface area contributed by atoms with Crippen LogP contribution < -0.4 is 24.8 Å².